The molecule has 1 aliphatic heterocycles. The van der Waals surface area contributed by atoms with Gasteiger partial charge < -0.3 is 15.5 Å². The van der Waals surface area contributed by atoms with Crippen LogP contribution < -0.4 is 15.5 Å². The second-order valence-electron chi connectivity index (χ2n) is 6.59. The molecular weight excluding hydrogens is 309 g/mol. The van der Waals surface area contributed by atoms with Crippen LogP contribution in [-0.4, -0.2) is 53.0 Å². The van der Waals surface area contributed by atoms with Crippen molar-refractivity contribution in [1.82, 2.24) is 25.5 Å². The number of aromatic nitrogens is 4. The van der Waals surface area contributed by atoms with Gasteiger partial charge in [-0.15, -0.1) is 0 Å². The summed E-state index contributed by atoms with van der Waals surface area (Å²) in [5, 5.41) is 13.6. The maximum Gasteiger partial charge on any atom is 0.227 e. The van der Waals surface area contributed by atoms with Crippen LogP contribution in [0.4, 0.5) is 22.0 Å². The molecule has 3 heterocycles. The van der Waals surface area contributed by atoms with Crippen molar-refractivity contribution in [2.24, 2.45) is 5.92 Å². The van der Waals surface area contributed by atoms with Crippen molar-refractivity contribution < 1.29 is 4.39 Å². The molecule has 1 aliphatic carbocycles. The molecule has 0 spiro atoms. The molecule has 128 valence electrons. The number of nitrogens with one attached hydrogen (secondary N) is 3. The number of hydrogen-bond donors (Lipinski definition) is 3. The highest BCUT2D eigenvalue weighted by molar-refractivity contribution is 5.54. The molecule has 0 amide bonds. The molecule has 3 N–H and O–H groups in total. The normalized spacial score (nSPS) is 23.7. The van der Waals surface area contributed by atoms with Gasteiger partial charge in [0.2, 0.25) is 5.95 Å². The summed E-state index contributed by atoms with van der Waals surface area (Å²) in [5.41, 5.74) is 1.17. The Balaban J connectivity index is 1.45. The van der Waals surface area contributed by atoms with E-state index in [1.54, 1.807) is 12.3 Å². The van der Waals surface area contributed by atoms with Gasteiger partial charge in [0.15, 0.2) is 5.82 Å². The summed E-state index contributed by atoms with van der Waals surface area (Å²) in [6.45, 7) is 1.62. The Labute approximate surface area is 140 Å². The topological polar surface area (TPSA) is 81.8 Å². The molecule has 2 fully saturated rings. The number of H-pyrrole nitrogens is 1. The summed E-state index contributed by atoms with van der Waals surface area (Å²) in [6, 6.07) is 3.82. The fraction of sp³-hybridized carbons (Fsp3) is 0.562. The van der Waals surface area contributed by atoms with Crippen molar-refractivity contribution in [1.29, 1.82) is 0 Å². The minimum atomic E-state index is -0.856. The first-order valence-electron chi connectivity index (χ1n) is 8.42. The zero-order chi connectivity index (χ0) is 16.5. The Bertz CT molecular complexity index is 699. The lowest BCUT2D eigenvalue weighted by atomic mass is 10.1. The molecule has 1 saturated heterocycles. The molecular formula is C16H22FN7. The minimum Gasteiger partial charge on any atom is -0.337 e. The van der Waals surface area contributed by atoms with Crippen LogP contribution in [0.1, 0.15) is 24.5 Å². The summed E-state index contributed by atoms with van der Waals surface area (Å²) in [7, 11) is 1.84. The average molecular weight is 331 g/mol. The number of anilines is 3. The number of nitrogens with zero attached hydrogens (tertiary/aromatic N) is 4. The van der Waals surface area contributed by atoms with Gasteiger partial charge in [-0.25, -0.2) is 9.37 Å². The van der Waals surface area contributed by atoms with E-state index in [1.165, 1.54) is 18.5 Å². The van der Waals surface area contributed by atoms with Crippen LogP contribution in [0.15, 0.2) is 18.3 Å². The second-order valence-corrected chi connectivity index (χ2v) is 6.59. The predicted octanol–water partition coefficient (Wildman–Crippen LogP) is 1.81. The van der Waals surface area contributed by atoms with Crippen molar-refractivity contribution in [2.75, 3.05) is 36.9 Å². The van der Waals surface area contributed by atoms with Crippen molar-refractivity contribution in [3.8, 4) is 0 Å². The third-order valence-corrected chi connectivity index (χ3v) is 4.62. The van der Waals surface area contributed by atoms with Crippen LogP contribution in [0.5, 0.6) is 0 Å². The van der Waals surface area contributed by atoms with Crippen LogP contribution in [0.3, 0.4) is 0 Å². The molecule has 7 nitrogen and oxygen atoms in total. The zero-order valence-electron chi connectivity index (χ0n) is 13.7. The second kappa shape index (κ2) is 6.35. The van der Waals surface area contributed by atoms with Crippen LogP contribution in [0, 0.1) is 5.92 Å². The highest BCUT2D eigenvalue weighted by Crippen LogP contribution is 2.39. The largest absolute Gasteiger partial charge is 0.337 e. The van der Waals surface area contributed by atoms with Crippen molar-refractivity contribution in [2.45, 2.75) is 24.9 Å². The summed E-state index contributed by atoms with van der Waals surface area (Å²) in [4.78, 5) is 10.7. The SMILES string of the molecule is CNC[C@H]1CN(c2nccc(Nc3cc(C4CC4)[nH]n3)n2)C[C@H]1F. The van der Waals surface area contributed by atoms with Gasteiger partial charge in [-0.2, -0.15) is 10.1 Å². The van der Waals surface area contributed by atoms with Gasteiger partial charge in [-0.1, -0.05) is 0 Å². The molecule has 2 aromatic rings. The maximum absolute atomic E-state index is 14.1. The van der Waals surface area contributed by atoms with Crippen LogP contribution in [0.2, 0.25) is 0 Å². The monoisotopic (exact) mass is 331 g/mol. The molecule has 1 saturated carbocycles. The van der Waals surface area contributed by atoms with Crippen molar-refractivity contribution in [3.05, 3.63) is 24.0 Å². The van der Waals surface area contributed by atoms with Crippen molar-refractivity contribution >= 4 is 17.6 Å². The Morgan fingerprint density at radius 2 is 2.21 bits per heavy atom. The Morgan fingerprint density at radius 1 is 1.33 bits per heavy atom. The smallest absolute Gasteiger partial charge is 0.227 e. The van der Waals surface area contributed by atoms with E-state index >= 15 is 0 Å². The lowest BCUT2D eigenvalue weighted by Crippen LogP contribution is -2.26. The molecule has 4 rings (SSSR count). The molecule has 0 aromatic carbocycles. The van der Waals surface area contributed by atoms with Gasteiger partial charge in [0.05, 0.1) is 6.54 Å². The molecule has 2 aliphatic rings. The van der Waals surface area contributed by atoms with E-state index in [9.17, 15) is 4.39 Å². The van der Waals surface area contributed by atoms with E-state index in [0.29, 0.717) is 37.3 Å². The van der Waals surface area contributed by atoms with Gasteiger partial charge >= 0.3 is 0 Å². The summed E-state index contributed by atoms with van der Waals surface area (Å²) < 4.78 is 14.1. The van der Waals surface area contributed by atoms with E-state index in [1.807, 2.05) is 18.0 Å². The Hall–Kier alpha value is -2.22. The predicted molar refractivity (Wildman–Crippen MR) is 90.4 cm³/mol. The molecule has 24 heavy (non-hydrogen) atoms. The molecule has 0 unspecified atom stereocenters. The first-order valence-corrected chi connectivity index (χ1v) is 8.42. The number of halogens is 1. The lowest BCUT2D eigenvalue weighted by Gasteiger charge is -2.16. The van der Waals surface area contributed by atoms with Crippen LogP contribution >= 0.6 is 0 Å². The van der Waals surface area contributed by atoms with Gasteiger partial charge in [0.25, 0.3) is 0 Å². The number of alkyl halides is 1. The van der Waals surface area contributed by atoms with Gasteiger partial charge in [-0.05, 0) is 26.0 Å². The number of rotatable bonds is 6. The standard InChI is InChI=1S/C16H22FN7/c1-18-7-11-8-24(9-12(11)17)16-19-5-4-14(21-16)20-15-6-13(22-23-15)10-2-3-10/h4-6,10-12,18H,2-3,7-9H2,1H3,(H2,19,20,21,22,23)/t11-,12+/m0/s1. The molecule has 0 radical (unpaired) electrons. The van der Waals surface area contributed by atoms with E-state index in [0.717, 1.165) is 5.82 Å². The fourth-order valence-corrected chi connectivity index (χ4v) is 3.16. The molecule has 0 bridgehead atoms. The minimum absolute atomic E-state index is 0.0253. The van der Waals surface area contributed by atoms with Crippen molar-refractivity contribution in [3.63, 3.8) is 0 Å². The van der Waals surface area contributed by atoms with Gasteiger partial charge in [0.1, 0.15) is 12.0 Å². The van der Waals surface area contributed by atoms with E-state index < -0.39 is 6.17 Å². The summed E-state index contributed by atoms with van der Waals surface area (Å²) in [5.74, 6) is 2.58. The van der Waals surface area contributed by atoms with Crippen LogP contribution in [0.25, 0.3) is 0 Å². The quantitative estimate of drug-likeness (QED) is 0.749. The van der Waals surface area contributed by atoms with E-state index in [2.05, 4.69) is 30.8 Å². The third-order valence-electron chi connectivity index (χ3n) is 4.62. The molecule has 2 atom stereocenters. The third kappa shape index (κ3) is 3.19. The molecule has 2 aromatic heterocycles. The number of aromatic amines is 1. The molecule has 8 heteroatoms. The lowest BCUT2D eigenvalue weighted by molar-refractivity contribution is 0.280. The first-order chi connectivity index (χ1) is 11.7. The Kier molecular flexibility index (Phi) is 4.05. The highest BCUT2D eigenvalue weighted by Gasteiger charge is 2.33. The highest BCUT2D eigenvalue weighted by atomic mass is 19.1. The van der Waals surface area contributed by atoms with Gasteiger partial charge in [-0.3, -0.25) is 5.10 Å². The zero-order valence-corrected chi connectivity index (χ0v) is 13.7. The fourth-order valence-electron chi connectivity index (χ4n) is 3.16. The average Bonchev–Trinajstić information content (AvgIpc) is 3.23. The van der Waals surface area contributed by atoms with Gasteiger partial charge in [0, 0.05) is 42.9 Å². The Morgan fingerprint density at radius 3 is 3.00 bits per heavy atom. The first kappa shape index (κ1) is 15.3. The van der Waals surface area contributed by atoms with E-state index in [-0.39, 0.29) is 5.92 Å². The van der Waals surface area contributed by atoms with Crippen LogP contribution in [-0.2, 0) is 0 Å². The maximum atomic E-state index is 14.1. The summed E-state index contributed by atoms with van der Waals surface area (Å²) in [6.07, 6.45) is 3.29. The number of hydrogen-bond acceptors (Lipinski definition) is 6. The summed E-state index contributed by atoms with van der Waals surface area (Å²) >= 11 is 0. The van der Waals surface area contributed by atoms with E-state index in [4.69, 9.17) is 0 Å².